The second-order valence-electron chi connectivity index (χ2n) is 5.99. The van der Waals surface area contributed by atoms with E-state index in [9.17, 15) is 8.42 Å². The largest absolute Gasteiger partial charge is 0.318 e. The molecule has 0 aromatic rings. The normalized spacial score (nSPS) is 20.8. The molecule has 21 heavy (non-hydrogen) atoms. The summed E-state index contributed by atoms with van der Waals surface area (Å²) in [6.07, 6.45) is 10.1. The van der Waals surface area contributed by atoms with E-state index < -0.39 is 10.2 Å². The Morgan fingerprint density at radius 2 is 1.81 bits per heavy atom. The van der Waals surface area contributed by atoms with Crippen LogP contribution in [0, 0.1) is 0 Å². The summed E-state index contributed by atoms with van der Waals surface area (Å²) < 4.78 is 29.2. The van der Waals surface area contributed by atoms with Crippen molar-refractivity contribution in [2.24, 2.45) is 0 Å². The Morgan fingerprint density at radius 1 is 1.10 bits per heavy atom. The van der Waals surface area contributed by atoms with Crippen LogP contribution in [0.4, 0.5) is 0 Å². The van der Waals surface area contributed by atoms with Crippen LogP contribution in [0.1, 0.15) is 64.7 Å². The zero-order valence-electron chi connectivity index (χ0n) is 13.7. The highest BCUT2D eigenvalue weighted by Gasteiger charge is 2.31. The van der Waals surface area contributed by atoms with Crippen molar-refractivity contribution >= 4 is 10.2 Å². The molecule has 1 aliphatic heterocycles. The Labute approximate surface area is 131 Å². The molecule has 126 valence electrons. The second kappa shape index (κ2) is 10.5. The fourth-order valence-electron chi connectivity index (χ4n) is 2.92. The molecule has 0 amide bonds. The lowest BCUT2D eigenvalue weighted by Gasteiger charge is -2.34. The van der Waals surface area contributed by atoms with Gasteiger partial charge in [0.25, 0.3) is 10.2 Å². The van der Waals surface area contributed by atoms with E-state index in [0.717, 1.165) is 38.6 Å². The summed E-state index contributed by atoms with van der Waals surface area (Å²) in [7, 11) is -1.43. The Hall–Kier alpha value is -0.170. The van der Waals surface area contributed by atoms with Crippen LogP contribution in [0.3, 0.4) is 0 Å². The molecule has 0 aliphatic carbocycles. The fraction of sp³-hybridized carbons (Fsp3) is 1.00. The number of unbranched alkanes of at least 4 members (excludes halogenated alkanes) is 5. The molecule has 1 fully saturated rings. The van der Waals surface area contributed by atoms with Gasteiger partial charge in [-0.3, -0.25) is 0 Å². The van der Waals surface area contributed by atoms with Crippen molar-refractivity contribution < 1.29 is 8.42 Å². The summed E-state index contributed by atoms with van der Waals surface area (Å²) in [5.41, 5.74) is 0. The number of nitrogens with zero attached hydrogens (tertiary/aromatic N) is 1. The Balaban J connectivity index is 2.30. The highest BCUT2D eigenvalue weighted by Crippen LogP contribution is 2.19. The van der Waals surface area contributed by atoms with Gasteiger partial charge in [0.2, 0.25) is 0 Å². The van der Waals surface area contributed by atoms with Crippen LogP contribution in [0.2, 0.25) is 0 Å². The highest BCUT2D eigenvalue weighted by atomic mass is 32.2. The minimum absolute atomic E-state index is 0.103. The van der Waals surface area contributed by atoms with Crippen LogP contribution in [0.5, 0.6) is 0 Å². The molecule has 0 saturated carbocycles. The molecule has 0 aromatic heterocycles. The third-order valence-corrected chi connectivity index (χ3v) is 5.80. The number of nitrogens with one attached hydrogen (secondary N) is 2. The lowest BCUT2D eigenvalue weighted by Crippen LogP contribution is -2.52. The van der Waals surface area contributed by atoms with Crippen LogP contribution < -0.4 is 10.0 Å². The van der Waals surface area contributed by atoms with Crippen molar-refractivity contribution in [1.82, 2.24) is 14.3 Å². The van der Waals surface area contributed by atoms with Gasteiger partial charge in [-0.1, -0.05) is 45.4 Å². The minimum atomic E-state index is -3.31. The SMILES string of the molecule is CCCCCCCCNS(=O)(=O)N1CCCCC1CNC. The first-order chi connectivity index (χ1) is 10.1. The fourth-order valence-corrected chi connectivity index (χ4v) is 4.43. The molecule has 0 radical (unpaired) electrons. The van der Waals surface area contributed by atoms with Crippen LogP contribution in [0.25, 0.3) is 0 Å². The first kappa shape index (κ1) is 18.9. The van der Waals surface area contributed by atoms with Gasteiger partial charge in [0, 0.05) is 25.7 Å². The van der Waals surface area contributed by atoms with Crippen molar-refractivity contribution in [3.63, 3.8) is 0 Å². The van der Waals surface area contributed by atoms with Gasteiger partial charge >= 0.3 is 0 Å². The molecule has 1 unspecified atom stereocenters. The average molecular weight is 320 g/mol. The zero-order valence-corrected chi connectivity index (χ0v) is 14.6. The lowest BCUT2D eigenvalue weighted by atomic mass is 10.1. The molecule has 0 spiro atoms. The van der Waals surface area contributed by atoms with Crippen LogP contribution in [-0.2, 0) is 10.2 Å². The van der Waals surface area contributed by atoms with E-state index in [0.29, 0.717) is 13.1 Å². The summed E-state index contributed by atoms with van der Waals surface area (Å²) in [6.45, 7) is 4.15. The van der Waals surface area contributed by atoms with Crippen LogP contribution in [0.15, 0.2) is 0 Å². The van der Waals surface area contributed by atoms with Gasteiger partial charge in [-0.15, -0.1) is 0 Å². The molecule has 5 nitrogen and oxygen atoms in total. The van der Waals surface area contributed by atoms with E-state index in [2.05, 4.69) is 17.0 Å². The second-order valence-corrected chi connectivity index (χ2v) is 7.69. The minimum Gasteiger partial charge on any atom is -0.318 e. The van der Waals surface area contributed by atoms with Gasteiger partial charge in [-0.2, -0.15) is 12.7 Å². The summed E-state index contributed by atoms with van der Waals surface area (Å²) in [4.78, 5) is 0. The maximum Gasteiger partial charge on any atom is 0.279 e. The van der Waals surface area contributed by atoms with Gasteiger partial charge in [0.15, 0.2) is 0 Å². The van der Waals surface area contributed by atoms with Gasteiger partial charge in [-0.05, 0) is 26.3 Å². The molecule has 0 aromatic carbocycles. The number of rotatable bonds is 11. The maximum absolute atomic E-state index is 12.4. The molecule has 2 N–H and O–H groups in total. The van der Waals surface area contributed by atoms with E-state index >= 15 is 0 Å². The predicted octanol–water partition coefficient (Wildman–Crippen LogP) is 2.26. The standard InChI is InChI=1S/C15H33N3O2S/c1-3-4-5-6-7-9-12-17-21(19,20)18-13-10-8-11-15(18)14-16-2/h15-17H,3-14H2,1-2H3. The first-order valence-corrected chi connectivity index (χ1v) is 9.97. The first-order valence-electron chi connectivity index (χ1n) is 8.53. The lowest BCUT2D eigenvalue weighted by molar-refractivity contribution is 0.246. The van der Waals surface area contributed by atoms with Crippen LogP contribution in [-0.4, -0.2) is 45.4 Å². The molecular weight excluding hydrogens is 286 g/mol. The summed E-state index contributed by atoms with van der Waals surface area (Å²) in [6, 6.07) is 0.103. The van der Waals surface area contributed by atoms with E-state index in [1.807, 2.05) is 7.05 Å². The molecule has 1 heterocycles. The molecule has 0 bridgehead atoms. The van der Waals surface area contributed by atoms with Gasteiger partial charge in [0.1, 0.15) is 0 Å². The van der Waals surface area contributed by atoms with Crippen molar-refractivity contribution in [2.75, 3.05) is 26.7 Å². The smallest absolute Gasteiger partial charge is 0.279 e. The Morgan fingerprint density at radius 3 is 2.52 bits per heavy atom. The zero-order chi connectivity index (χ0) is 15.6. The number of piperidine rings is 1. The van der Waals surface area contributed by atoms with Crippen molar-refractivity contribution in [2.45, 2.75) is 70.8 Å². The maximum atomic E-state index is 12.4. The van der Waals surface area contributed by atoms with Gasteiger partial charge in [0.05, 0.1) is 0 Å². The molecule has 1 aliphatic rings. The summed E-state index contributed by atoms with van der Waals surface area (Å²) in [5.74, 6) is 0. The topological polar surface area (TPSA) is 61.4 Å². The van der Waals surface area contributed by atoms with Crippen molar-refractivity contribution in [3.8, 4) is 0 Å². The predicted molar refractivity (Wildman–Crippen MR) is 88.6 cm³/mol. The highest BCUT2D eigenvalue weighted by molar-refractivity contribution is 7.87. The van der Waals surface area contributed by atoms with Gasteiger partial charge < -0.3 is 5.32 Å². The average Bonchev–Trinajstić information content (AvgIpc) is 2.47. The third-order valence-electron chi connectivity index (χ3n) is 4.14. The number of hydrogen-bond donors (Lipinski definition) is 2. The third kappa shape index (κ3) is 7.08. The molecule has 1 rings (SSSR count). The molecule has 6 heteroatoms. The Kier molecular flexibility index (Phi) is 9.47. The van der Waals surface area contributed by atoms with E-state index in [1.165, 1.54) is 25.7 Å². The summed E-state index contributed by atoms with van der Waals surface area (Å²) >= 11 is 0. The quantitative estimate of drug-likeness (QED) is 0.574. The molecule has 1 saturated heterocycles. The molecular formula is C15H33N3O2S. The summed E-state index contributed by atoms with van der Waals surface area (Å²) in [5, 5.41) is 3.10. The number of hydrogen-bond acceptors (Lipinski definition) is 3. The Bertz CT molecular complexity index is 358. The van der Waals surface area contributed by atoms with Crippen molar-refractivity contribution in [3.05, 3.63) is 0 Å². The van der Waals surface area contributed by atoms with Crippen LogP contribution >= 0.6 is 0 Å². The van der Waals surface area contributed by atoms with E-state index in [-0.39, 0.29) is 6.04 Å². The van der Waals surface area contributed by atoms with E-state index in [1.54, 1.807) is 4.31 Å². The molecule has 1 atom stereocenters. The van der Waals surface area contributed by atoms with E-state index in [4.69, 9.17) is 0 Å². The number of likely N-dealkylation sites (N-methyl/N-ethyl adjacent to an activating group) is 1. The monoisotopic (exact) mass is 319 g/mol. The van der Waals surface area contributed by atoms with Gasteiger partial charge in [-0.25, -0.2) is 4.72 Å². The van der Waals surface area contributed by atoms with Crippen molar-refractivity contribution in [1.29, 1.82) is 0 Å².